The van der Waals surface area contributed by atoms with Crippen LogP contribution in [-0.4, -0.2) is 40.7 Å². The van der Waals surface area contributed by atoms with E-state index < -0.39 is 0 Å². The molecule has 0 saturated carbocycles. The lowest BCUT2D eigenvalue weighted by Crippen LogP contribution is -2.16. The molecule has 7 heteroatoms. The zero-order valence-electron chi connectivity index (χ0n) is 18.3. The van der Waals surface area contributed by atoms with Gasteiger partial charge in [-0.1, -0.05) is 23.9 Å². The Morgan fingerprint density at radius 3 is 2.68 bits per heavy atom. The summed E-state index contributed by atoms with van der Waals surface area (Å²) in [4.78, 5) is 0. The maximum absolute atomic E-state index is 5.90. The molecule has 3 aromatic rings. The second kappa shape index (κ2) is 10.2. The van der Waals surface area contributed by atoms with Gasteiger partial charge >= 0.3 is 0 Å². The van der Waals surface area contributed by atoms with Crippen molar-refractivity contribution >= 4 is 11.8 Å². The van der Waals surface area contributed by atoms with Gasteiger partial charge in [0.25, 0.3) is 0 Å². The van der Waals surface area contributed by atoms with Crippen molar-refractivity contribution in [3.05, 3.63) is 54.1 Å². The van der Waals surface area contributed by atoms with E-state index in [0.717, 1.165) is 59.8 Å². The van der Waals surface area contributed by atoms with Gasteiger partial charge in [-0.25, -0.2) is 0 Å². The van der Waals surface area contributed by atoms with Crippen LogP contribution in [0.25, 0.3) is 11.4 Å². The van der Waals surface area contributed by atoms with Crippen molar-refractivity contribution < 1.29 is 14.2 Å². The molecule has 1 aromatic heterocycles. The molecule has 1 unspecified atom stereocenters. The van der Waals surface area contributed by atoms with E-state index in [1.54, 1.807) is 18.9 Å². The molecule has 0 amide bonds. The van der Waals surface area contributed by atoms with Crippen LogP contribution >= 0.6 is 11.8 Å². The van der Waals surface area contributed by atoms with Gasteiger partial charge in [-0.3, -0.25) is 4.57 Å². The number of nitrogens with zero attached hydrogens (tertiary/aromatic N) is 3. The largest absolute Gasteiger partial charge is 0.497 e. The topological polar surface area (TPSA) is 58.4 Å². The summed E-state index contributed by atoms with van der Waals surface area (Å²) in [6.07, 6.45) is 2.54. The Bertz CT molecular complexity index is 982. The maximum atomic E-state index is 5.90. The Labute approximate surface area is 187 Å². The van der Waals surface area contributed by atoms with Crippen LogP contribution in [0.1, 0.15) is 32.3 Å². The second-order valence-corrected chi connectivity index (χ2v) is 8.83. The molecule has 2 heterocycles. The average Bonchev–Trinajstić information content (AvgIpc) is 3.43. The summed E-state index contributed by atoms with van der Waals surface area (Å²) in [5.41, 5.74) is 2.21. The first-order chi connectivity index (χ1) is 15.1. The lowest BCUT2D eigenvalue weighted by atomic mass is 10.2. The summed E-state index contributed by atoms with van der Waals surface area (Å²) < 4.78 is 19.2. The van der Waals surface area contributed by atoms with E-state index in [1.807, 2.05) is 50.2 Å². The highest BCUT2D eigenvalue weighted by atomic mass is 32.2. The Hall–Kier alpha value is -2.51. The fourth-order valence-corrected chi connectivity index (χ4v) is 4.53. The zero-order valence-corrected chi connectivity index (χ0v) is 19.1. The SMILES string of the molecule is COc1ccc(-c2nnc(SCc3cccc(OC(C)C)c3)n2CC2CCCO2)cc1. The van der Waals surface area contributed by atoms with E-state index in [1.165, 1.54) is 5.56 Å². The lowest BCUT2D eigenvalue weighted by molar-refractivity contribution is 0.0953. The van der Waals surface area contributed by atoms with Crippen molar-refractivity contribution in [3.63, 3.8) is 0 Å². The number of thioether (sulfide) groups is 1. The van der Waals surface area contributed by atoms with Crippen LogP contribution in [0, 0.1) is 0 Å². The second-order valence-electron chi connectivity index (χ2n) is 7.88. The minimum Gasteiger partial charge on any atom is -0.497 e. The van der Waals surface area contributed by atoms with Crippen molar-refractivity contribution in [2.24, 2.45) is 0 Å². The number of hydrogen-bond donors (Lipinski definition) is 0. The van der Waals surface area contributed by atoms with Crippen LogP contribution in [0.3, 0.4) is 0 Å². The molecule has 0 N–H and O–H groups in total. The maximum Gasteiger partial charge on any atom is 0.191 e. The first kappa shape index (κ1) is 21.7. The van der Waals surface area contributed by atoms with E-state index in [-0.39, 0.29) is 12.2 Å². The summed E-state index contributed by atoms with van der Waals surface area (Å²) in [5, 5.41) is 9.94. The van der Waals surface area contributed by atoms with Crippen LogP contribution in [0.15, 0.2) is 53.7 Å². The number of aromatic nitrogens is 3. The fourth-order valence-electron chi connectivity index (χ4n) is 3.63. The highest BCUT2D eigenvalue weighted by molar-refractivity contribution is 7.98. The molecule has 0 aliphatic carbocycles. The van der Waals surface area contributed by atoms with Crippen LogP contribution in [0.5, 0.6) is 11.5 Å². The normalized spacial score (nSPS) is 16.1. The summed E-state index contributed by atoms with van der Waals surface area (Å²) in [6.45, 7) is 5.66. The summed E-state index contributed by atoms with van der Waals surface area (Å²) in [5.74, 6) is 3.37. The molecule has 4 rings (SSSR count). The molecule has 1 aliphatic rings. The molecule has 31 heavy (non-hydrogen) atoms. The monoisotopic (exact) mass is 439 g/mol. The molecule has 1 atom stereocenters. The van der Waals surface area contributed by atoms with Gasteiger partial charge in [0, 0.05) is 17.9 Å². The van der Waals surface area contributed by atoms with Crippen molar-refractivity contribution in [1.82, 2.24) is 14.8 Å². The quantitative estimate of drug-likeness (QED) is 0.427. The smallest absolute Gasteiger partial charge is 0.191 e. The fraction of sp³-hybridized carbons (Fsp3) is 0.417. The third-order valence-electron chi connectivity index (χ3n) is 5.11. The van der Waals surface area contributed by atoms with Crippen molar-refractivity contribution in [1.29, 1.82) is 0 Å². The molecular formula is C24H29N3O3S. The Morgan fingerprint density at radius 1 is 1.13 bits per heavy atom. The number of benzene rings is 2. The molecule has 1 aliphatic heterocycles. The molecular weight excluding hydrogens is 410 g/mol. The average molecular weight is 440 g/mol. The van der Waals surface area contributed by atoms with E-state index in [0.29, 0.717) is 0 Å². The third-order valence-corrected chi connectivity index (χ3v) is 6.15. The predicted octanol–water partition coefficient (Wildman–Crippen LogP) is 5.21. The van der Waals surface area contributed by atoms with E-state index in [4.69, 9.17) is 14.2 Å². The van der Waals surface area contributed by atoms with Gasteiger partial charge in [0.1, 0.15) is 11.5 Å². The molecule has 2 aromatic carbocycles. The van der Waals surface area contributed by atoms with Gasteiger partial charge in [-0.05, 0) is 68.7 Å². The molecule has 1 fully saturated rings. The molecule has 0 spiro atoms. The van der Waals surface area contributed by atoms with Crippen molar-refractivity contribution in [2.45, 2.75) is 56.4 Å². The van der Waals surface area contributed by atoms with E-state index in [2.05, 4.69) is 26.9 Å². The van der Waals surface area contributed by atoms with E-state index >= 15 is 0 Å². The molecule has 6 nitrogen and oxygen atoms in total. The van der Waals surface area contributed by atoms with Gasteiger partial charge < -0.3 is 14.2 Å². The van der Waals surface area contributed by atoms with Crippen LogP contribution in [0.4, 0.5) is 0 Å². The summed E-state index contributed by atoms with van der Waals surface area (Å²) in [6, 6.07) is 16.2. The van der Waals surface area contributed by atoms with Crippen molar-refractivity contribution in [2.75, 3.05) is 13.7 Å². The number of rotatable bonds is 9. The van der Waals surface area contributed by atoms with Crippen molar-refractivity contribution in [3.8, 4) is 22.9 Å². The van der Waals surface area contributed by atoms with Gasteiger partial charge in [-0.2, -0.15) is 0 Å². The zero-order chi connectivity index (χ0) is 21.6. The number of hydrogen-bond acceptors (Lipinski definition) is 6. The Balaban J connectivity index is 1.55. The summed E-state index contributed by atoms with van der Waals surface area (Å²) in [7, 11) is 1.67. The standard InChI is InChI=1S/C24H29N3O3S/c1-17(2)30-21-7-4-6-18(14-21)16-31-24-26-25-23(19-9-11-20(28-3)12-10-19)27(24)15-22-8-5-13-29-22/h4,6-7,9-12,14,17,22H,5,8,13,15-16H2,1-3H3. The highest BCUT2D eigenvalue weighted by Crippen LogP contribution is 2.30. The molecule has 0 bridgehead atoms. The minimum absolute atomic E-state index is 0.157. The van der Waals surface area contributed by atoms with Gasteiger partial charge in [-0.15, -0.1) is 10.2 Å². The molecule has 0 radical (unpaired) electrons. The Morgan fingerprint density at radius 2 is 1.97 bits per heavy atom. The Kier molecular flexibility index (Phi) is 7.14. The van der Waals surface area contributed by atoms with Gasteiger partial charge in [0.15, 0.2) is 11.0 Å². The summed E-state index contributed by atoms with van der Waals surface area (Å²) >= 11 is 1.69. The number of methoxy groups -OCH3 is 1. The third kappa shape index (κ3) is 5.60. The predicted molar refractivity (Wildman–Crippen MR) is 123 cm³/mol. The highest BCUT2D eigenvalue weighted by Gasteiger charge is 2.22. The van der Waals surface area contributed by atoms with Crippen LogP contribution < -0.4 is 9.47 Å². The lowest BCUT2D eigenvalue weighted by Gasteiger charge is -2.15. The van der Waals surface area contributed by atoms with Crippen LogP contribution in [-0.2, 0) is 17.0 Å². The minimum atomic E-state index is 0.157. The molecule has 1 saturated heterocycles. The first-order valence-corrected chi connectivity index (χ1v) is 11.7. The number of ether oxygens (including phenoxy) is 3. The van der Waals surface area contributed by atoms with Gasteiger partial charge in [0.05, 0.1) is 25.9 Å². The van der Waals surface area contributed by atoms with Gasteiger partial charge in [0.2, 0.25) is 0 Å². The van der Waals surface area contributed by atoms with E-state index in [9.17, 15) is 0 Å². The first-order valence-electron chi connectivity index (χ1n) is 10.7. The molecule has 164 valence electrons. The van der Waals surface area contributed by atoms with Crippen LogP contribution in [0.2, 0.25) is 0 Å².